The average molecular weight is 244 g/mol. The van der Waals surface area contributed by atoms with E-state index in [1.807, 2.05) is 0 Å². The third kappa shape index (κ3) is 3.44. The summed E-state index contributed by atoms with van der Waals surface area (Å²) in [5.74, 6) is 0. The fraction of sp³-hybridized carbons (Fsp3) is 0.500. The molecule has 0 spiro atoms. The Morgan fingerprint density at radius 2 is 1.72 bits per heavy atom. The van der Waals surface area contributed by atoms with E-state index in [9.17, 15) is 0 Å². The lowest BCUT2D eigenvalue weighted by Crippen LogP contribution is -2.43. The fourth-order valence-corrected chi connectivity index (χ4v) is 2.40. The van der Waals surface area contributed by atoms with Crippen molar-refractivity contribution in [2.75, 3.05) is 32.7 Å². The SMILES string of the molecule is Cc1cc(C=CCN2CCNCC2)cc(C)c1C. The second kappa shape index (κ2) is 6.17. The summed E-state index contributed by atoms with van der Waals surface area (Å²) in [5, 5.41) is 3.38. The normalized spacial score (nSPS) is 17.5. The smallest absolute Gasteiger partial charge is 0.0167 e. The van der Waals surface area contributed by atoms with Gasteiger partial charge in [-0.3, -0.25) is 4.90 Å². The van der Waals surface area contributed by atoms with Crippen molar-refractivity contribution in [2.45, 2.75) is 20.8 Å². The van der Waals surface area contributed by atoms with Crippen molar-refractivity contribution in [2.24, 2.45) is 0 Å². The van der Waals surface area contributed by atoms with E-state index in [0.717, 1.165) is 32.7 Å². The topological polar surface area (TPSA) is 15.3 Å². The minimum Gasteiger partial charge on any atom is -0.314 e. The van der Waals surface area contributed by atoms with Crippen LogP contribution in [0.4, 0.5) is 0 Å². The third-order valence-electron chi connectivity index (χ3n) is 3.83. The molecule has 0 bridgehead atoms. The summed E-state index contributed by atoms with van der Waals surface area (Å²) in [6, 6.07) is 4.55. The molecule has 2 rings (SSSR count). The first-order valence-corrected chi connectivity index (χ1v) is 6.84. The van der Waals surface area contributed by atoms with E-state index in [2.05, 4.69) is 55.3 Å². The van der Waals surface area contributed by atoms with Gasteiger partial charge in [-0.2, -0.15) is 0 Å². The van der Waals surface area contributed by atoms with Gasteiger partial charge in [-0.25, -0.2) is 0 Å². The van der Waals surface area contributed by atoms with Crippen molar-refractivity contribution >= 4 is 6.08 Å². The molecule has 0 aliphatic carbocycles. The van der Waals surface area contributed by atoms with Crippen LogP contribution in [0, 0.1) is 20.8 Å². The highest BCUT2D eigenvalue weighted by Crippen LogP contribution is 2.16. The van der Waals surface area contributed by atoms with Gasteiger partial charge in [0.15, 0.2) is 0 Å². The molecule has 0 saturated carbocycles. The van der Waals surface area contributed by atoms with E-state index < -0.39 is 0 Å². The van der Waals surface area contributed by atoms with Gasteiger partial charge in [0, 0.05) is 32.7 Å². The number of nitrogens with one attached hydrogen (secondary N) is 1. The Labute approximate surface area is 111 Å². The van der Waals surface area contributed by atoms with Gasteiger partial charge in [0.1, 0.15) is 0 Å². The highest BCUT2D eigenvalue weighted by molar-refractivity contribution is 5.54. The molecule has 1 aromatic rings. The molecule has 1 aliphatic rings. The van der Waals surface area contributed by atoms with Crippen molar-refractivity contribution in [3.63, 3.8) is 0 Å². The third-order valence-corrected chi connectivity index (χ3v) is 3.83. The molecule has 1 N–H and O–H groups in total. The largest absolute Gasteiger partial charge is 0.314 e. The minimum absolute atomic E-state index is 1.06. The number of rotatable bonds is 3. The van der Waals surface area contributed by atoms with E-state index in [1.54, 1.807) is 0 Å². The quantitative estimate of drug-likeness (QED) is 0.879. The van der Waals surface area contributed by atoms with Crippen molar-refractivity contribution in [3.8, 4) is 0 Å². The zero-order valence-corrected chi connectivity index (χ0v) is 11.8. The molecule has 18 heavy (non-hydrogen) atoms. The van der Waals surface area contributed by atoms with Gasteiger partial charge in [-0.15, -0.1) is 0 Å². The van der Waals surface area contributed by atoms with Crippen LogP contribution < -0.4 is 5.32 Å². The Balaban J connectivity index is 1.96. The lowest BCUT2D eigenvalue weighted by Gasteiger charge is -2.25. The van der Waals surface area contributed by atoms with Crippen molar-refractivity contribution in [1.82, 2.24) is 10.2 Å². The molecule has 2 nitrogen and oxygen atoms in total. The second-order valence-electron chi connectivity index (χ2n) is 5.23. The fourth-order valence-electron chi connectivity index (χ4n) is 2.40. The Bertz CT molecular complexity index is 406. The summed E-state index contributed by atoms with van der Waals surface area (Å²) >= 11 is 0. The monoisotopic (exact) mass is 244 g/mol. The molecule has 1 saturated heterocycles. The summed E-state index contributed by atoms with van der Waals surface area (Å²) in [6.45, 7) is 12.2. The molecule has 2 heteroatoms. The first-order valence-electron chi connectivity index (χ1n) is 6.84. The van der Waals surface area contributed by atoms with Gasteiger partial charge in [-0.1, -0.05) is 24.3 Å². The van der Waals surface area contributed by atoms with Crippen molar-refractivity contribution in [1.29, 1.82) is 0 Å². The van der Waals surface area contributed by atoms with E-state index >= 15 is 0 Å². The number of hydrogen-bond acceptors (Lipinski definition) is 2. The van der Waals surface area contributed by atoms with E-state index in [4.69, 9.17) is 0 Å². The van der Waals surface area contributed by atoms with Crippen LogP contribution >= 0.6 is 0 Å². The summed E-state index contributed by atoms with van der Waals surface area (Å²) in [7, 11) is 0. The maximum atomic E-state index is 3.38. The van der Waals surface area contributed by atoms with Crippen molar-refractivity contribution < 1.29 is 0 Å². The molecular formula is C16H24N2. The highest BCUT2D eigenvalue weighted by Gasteiger charge is 2.06. The van der Waals surface area contributed by atoms with Crippen LogP contribution in [0.1, 0.15) is 22.3 Å². The van der Waals surface area contributed by atoms with Crippen molar-refractivity contribution in [3.05, 3.63) is 40.5 Å². The molecule has 0 radical (unpaired) electrons. The highest BCUT2D eigenvalue weighted by atomic mass is 15.2. The first-order chi connectivity index (χ1) is 8.66. The zero-order valence-electron chi connectivity index (χ0n) is 11.8. The second-order valence-corrected chi connectivity index (χ2v) is 5.23. The van der Waals surface area contributed by atoms with E-state index in [1.165, 1.54) is 22.3 Å². The van der Waals surface area contributed by atoms with Gasteiger partial charge >= 0.3 is 0 Å². The van der Waals surface area contributed by atoms with Gasteiger partial charge in [0.2, 0.25) is 0 Å². The number of hydrogen-bond donors (Lipinski definition) is 1. The van der Waals surface area contributed by atoms with Crippen LogP contribution in [0.5, 0.6) is 0 Å². The Hall–Kier alpha value is -1.12. The summed E-state index contributed by atoms with van der Waals surface area (Å²) in [5.41, 5.74) is 5.51. The summed E-state index contributed by atoms with van der Waals surface area (Å²) in [6.07, 6.45) is 4.54. The molecule has 1 aliphatic heterocycles. The van der Waals surface area contributed by atoms with Gasteiger partial charge < -0.3 is 5.32 Å². The van der Waals surface area contributed by atoms with E-state index in [0.29, 0.717) is 0 Å². The minimum atomic E-state index is 1.06. The maximum absolute atomic E-state index is 3.38. The first kappa shape index (κ1) is 13.3. The molecule has 1 heterocycles. The standard InChI is InChI=1S/C16H24N2/c1-13-11-16(12-14(2)15(13)3)5-4-8-18-9-6-17-7-10-18/h4-5,11-12,17H,6-10H2,1-3H3. The lowest BCUT2D eigenvalue weighted by molar-refractivity contribution is 0.265. The molecule has 0 atom stereocenters. The van der Waals surface area contributed by atoms with Gasteiger partial charge in [-0.05, 0) is 43.0 Å². The molecule has 1 fully saturated rings. The lowest BCUT2D eigenvalue weighted by atomic mass is 10.0. The van der Waals surface area contributed by atoms with Crippen LogP contribution in [0.3, 0.4) is 0 Å². The molecule has 98 valence electrons. The Kier molecular flexibility index (Phi) is 4.56. The van der Waals surface area contributed by atoms with Gasteiger partial charge in [0.25, 0.3) is 0 Å². The summed E-state index contributed by atoms with van der Waals surface area (Å²) < 4.78 is 0. The molecule has 0 aromatic heterocycles. The Morgan fingerprint density at radius 3 is 2.33 bits per heavy atom. The Morgan fingerprint density at radius 1 is 1.11 bits per heavy atom. The predicted octanol–water partition coefficient (Wildman–Crippen LogP) is 2.53. The van der Waals surface area contributed by atoms with Crippen LogP contribution in [0.25, 0.3) is 6.08 Å². The number of piperazine rings is 1. The predicted molar refractivity (Wildman–Crippen MR) is 79.0 cm³/mol. The van der Waals surface area contributed by atoms with Crippen LogP contribution in [-0.4, -0.2) is 37.6 Å². The van der Waals surface area contributed by atoms with Crippen LogP contribution in [0.15, 0.2) is 18.2 Å². The van der Waals surface area contributed by atoms with E-state index in [-0.39, 0.29) is 0 Å². The maximum Gasteiger partial charge on any atom is 0.0167 e. The molecule has 1 aromatic carbocycles. The molecule has 0 amide bonds. The van der Waals surface area contributed by atoms with Gasteiger partial charge in [0.05, 0.1) is 0 Å². The number of nitrogens with zero attached hydrogens (tertiary/aromatic N) is 1. The molecule has 0 unspecified atom stereocenters. The van der Waals surface area contributed by atoms with Crippen LogP contribution in [-0.2, 0) is 0 Å². The number of aryl methyl sites for hydroxylation is 2. The average Bonchev–Trinajstić information content (AvgIpc) is 2.37. The van der Waals surface area contributed by atoms with Crippen LogP contribution in [0.2, 0.25) is 0 Å². The molecular weight excluding hydrogens is 220 g/mol. The number of benzene rings is 1. The zero-order chi connectivity index (χ0) is 13.0. The summed E-state index contributed by atoms with van der Waals surface area (Å²) in [4.78, 5) is 2.49.